The molecule has 0 saturated carbocycles. The van der Waals surface area contributed by atoms with E-state index in [2.05, 4.69) is 12.2 Å². The molecule has 1 fully saturated rings. The molecule has 1 aliphatic rings. The zero-order chi connectivity index (χ0) is 9.03. The Morgan fingerprint density at radius 1 is 1.38 bits per heavy atom. The topological polar surface area (TPSA) is 29.1 Å². The molecule has 1 radical (unpaired) electrons. The fraction of sp³-hybridized carbons (Fsp3) is 0.889. The summed E-state index contributed by atoms with van der Waals surface area (Å²) >= 11 is 0. The SMILES string of the molecule is CC[N+]1(CC(=O)NC)CCCC1.[Y]. The van der Waals surface area contributed by atoms with E-state index in [1.54, 1.807) is 7.05 Å². The number of likely N-dealkylation sites (tertiary alicyclic amines) is 1. The minimum Gasteiger partial charge on any atom is -0.354 e. The monoisotopic (exact) mass is 260 g/mol. The maximum atomic E-state index is 11.2. The number of quaternary nitrogens is 1. The first-order valence-corrected chi connectivity index (χ1v) is 4.78. The molecule has 0 aromatic rings. The number of hydrogen-bond donors (Lipinski definition) is 1. The van der Waals surface area contributed by atoms with Crippen molar-refractivity contribution in [2.75, 3.05) is 33.2 Å². The van der Waals surface area contributed by atoms with Gasteiger partial charge in [-0.3, -0.25) is 4.79 Å². The van der Waals surface area contributed by atoms with Gasteiger partial charge < -0.3 is 9.80 Å². The summed E-state index contributed by atoms with van der Waals surface area (Å²) < 4.78 is 1.000. The number of rotatable bonds is 3. The molecule has 13 heavy (non-hydrogen) atoms. The van der Waals surface area contributed by atoms with Crippen LogP contribution in [0.25, 0.3) is 0 Å². The number of amides is 1. The van der Waals surface area contributed by atoms with Gasteiger partial charge in [0.2, 0.25) is 0 Å². The van der Waals surface area contributed by atoms with Crippen LogP contribution in [-0.2, 0) is 37.5 Å². The van der Waals surface area contributed by atoms with Crippen LogP contribution in [0, 0.1) is 0 Å². The van der Waals surface area contributed by atoms with Crippen LogP contribution in [0.2, 0.25) is 0 Å². The first-order chi connectivity index (χ1) is 5.72. The second-order valence-corrected chi connectivity index (χ2v) is 3.64. The van der Waals surface area contributed by atoms with Gasteiger partial charge in [-0.2, -0.15) is 0 Å². The van der Waals surface area contributed by atoms with Crippen molar-refractivity contribution in [3.63, 3.8) is 0 Å². The van der Waals surface area contributed by atoms with Gasteiger partial charge in [-0.25, -0.2) is 0 Å². The first-order valence-electron chi connectivity index (χ1n) is 4.78. The molecule has 0 aliphatic carbocycles. The first kappa shape index (κ1) is 13.5. The number of hydrogen-bond acceptors (Lipinski definition) is 1. The molecule has 0 unspecified atom stereocenters. The summed E-state index contributed by atoms with van der Waals surface area (Å²) in [6, 6.07) is 0. The Morgan fingerprint density at radius 3 is 2.31 bits per heavy atom. The van der Waals surface area contributed by atoms with Gasteiger partial charge >= 0.3 is 0 Å². The fourth-order valence-electron chi connectivity index (χ4n) is 1.98. The average Bonchev–Trinajstić information content (AvgIpc) is 2.54. The summed E-state index contributed by atoms with van der Waals surface area (Å²) in [5.74, 6) is 0.179. The van der Waals surface area contributed by atoms with Crippen molar-refractivity contribution in [1.82, 2.24) is 5.32 Å². The maximum Gasteiger partial charge on any atom is 0.275 e. The molecule has 0 bridgehead atoms. The smallest absolute Gasteiger partial charge is 0.275 e. The van der Waals surface area contributed by atoms with E-state index in [4.69, 9.17) is 0 Å². The van der Waals surface area contributed by atoms with E-state index in [9.17, 15) is 4.79 Å². The van der Waals surface area contributed by atoms with Gasteiger partial charge in [0.05, 0.1) is 19.6 Å². The average molecular weight is 260 g/mol. The number of carbonyl (C=O) groups excluding carboxylic acids is 1. The van der Waals surface area contributed by atoms with Crippen LogP contribution in [0.3, 0.4) is 0 Å². The number of likely N-dealkylation sites (N-methyl/N-ethyl adjacent to an activating group) is 2. The molecule has 0 atom stereocenters. The van der Waals surface area contributed by atoms with Gasteiger partial charge in [-0.1, -0.05) is 0 Å². The van der Waals surface area contributed by atoms with E-state index in [0.29, 0.717) is 6.54 Å². The molecule has 1 amide bonds. The van der Waals surface area contributed by atoms with E-state index in [1.165, 1.54) is 25.9 Å². The maximum absolute atomic E-state index is 11.2. The third-order valence-electron chi connectivity index (χ3n) is 2.94. The molecule has 0 spiro atoms. The van der Waals surface area contributed by atoms with Crippen LogP contribution in [0.1, 0.15) is 19.8 Å². The van der Waals surface area contributed by atoms with Crippen LogP contribution in [0.15, 0.2) is 0 Å². The molecule has 0 aromatic carbocycles. The number of nitrogens with zero attached hydrogens (tertiary/aromatic N) is 1. The molecule has 1 N–H and O–H groups in total. The summed E-state index contributed by atoms with van der Waals surface area (Å²) in [6.07, 6.45) is 2.57. The summed E-state index contributed by atoms with van der Waals surface area (Å²) in [4.78, 5) is 11.2. The van der Waals surface area contributed by atoms with Gasteiger partial charge in [0, 0.05) is 52.6 Å². The minimum absolute atomic E-state index is 0. The van der Waals surface area contributed by atoms with Crippen molar-refractivity contribution in [3.8, 4) is 0 Å². The molecule has 1 heterocycles. The third-order valence-corrected chi connectivity index (χ3v) is 2.94. The van der Waals surface area contributed by atoms with Crippen molar-refractivity contribution in [3.05, 3.63) is 0 Å². The van der Waals surface area contributed by atoms with Crippen molar-refractivity contribution in [1.29, 1.82) is 0 Å². The van der Waals surface area contributed by atoms with Crippen molar-refractivity contribution < 1.29 is 42.0 Å². The fourth-order valence-corrected chi connectivity index (χ4v) is 1.98. The summed E-state index contributed by atoms with van der Waals surface area (Å²) in [7, 11) is 1.71. The quantitative estimate of drug-likeness (QED) is 0.729. The van der Waals surface area contributed by atoms with E-state index in [-0.39, 0.29) is 38.6 Å². The molecule has 73 valence electrons. The minimum atomic E-state index is 0. The van der Waals surface area contributed by atoms with E-state index >= 15 is 0 Å². The molecular weight excluding hydrogens is 241 g/mol. The summed E-state index contributed by atoms with van der Waals surface area (Å²) in [5.41, 5.74) is 0. The van der Waals surface area contributed by atoms with Gasteiger partial charge in [-0.15, -0.1) is 0 Å². The Morgan fingerprint density at radius 2 is 1.92 bits per heavy atom. The zero-order valence-electron chi connectivity index (χ0n) is 8.68. The van der Waals surface area contributed by atoms with Crippen molar-refractivity contribution in [2.24, 2.45) is 0 Å². The van der Waals surface area contributed by atoms with Gasteiger partial charge in [0.1, 0.15) is 0 Å². The summed E-state index contributed by atoms with van der Waals surface area (Å²) in [5, 5.41) is 2.70. The molecule has 1 rings (SSSR count). The Balaban J connectivity index is 0.00000144. The molecular formula is C9H19N2OY+. The predicted molar refractivity (Wildman–Crippen MR) is 48.7 cm³/mol. The molecule has 4 heteroatoms. The Bertz CT molecular complexity index is 167. The largest absolute Gasteiger partial charge is 0.354 e. The van der Waals surface area contributed by atoms with Crippen molar-refractivity contribution >= 4 is 5.91 Å². The van der Waals surface area contributed by atoms with Crippen LogP contribution in [-0.4, -0.2) is 43.6 Å². The number of carbonyl (C=O) groups is 1. The van der Waals surface area contributed by atoms with Gasteiger partial charge in [-0.05, 0) is 6.92 Å². The van der Waals surface area contributed by atoms with Crippen molar-refractivity contribution in [2.45, 2.75) is 19.8 Å². The van der Waals surface area contributed by atoms with Crippen LogP contribution in [0.5, 0.6) is 0 Å². The second kappa shape index (κ2) is 6.10. The van der Waals surface area contributed by atoms with E-state index in [0.717, 1.165) is 11.0 Å². The standard InChI is InChI=1S/C9H18N2O.Y/c1-3-11(6-4-5-7-11)8-9(12)10-2;/h3-8H2,1-2H3;/p+1. The molecule has 0 aromatic heterocycles. The Hall–Kier alpha value is 0.534. The Kier molecular flexibility index (Phi) is 6.35. The molecule has 1 aliphatic heterocycles. The van der Waals surface area contributed by atoms with Crippen LogP contribution >= 0.6 is 0 Å². The van der Waals surface area contributed by atoms with E-state index in [1.807, 2.05) is 0 Å². The Labute approximate surface area is 106 Å². The zero-order valence-corrected chi connectivity index (χ0v) is 11.5. The van der Waals surface area contributed by atoms with Crippen LogP contribution < -0.4 is 5.32 Å². The van der Waals surface area contributed by atoms with Crippen LogP contribution in [0.4, 0.5) is 0 Å². The van der Waals surface area contributed by atoms with Gasteiger partial charge in [0.25, 0.3) is 5.91 Å². The third kappa shape index (κ3) is 3.64. The normalized spacial score (nSPS) is 19.2. The predicted octanol–water partition coefficient (Wildman–Crippen LogP) is 0.360. The molecule has 3 nitrogen and oxygen atoms in total. The second-order valence-electron chi connectivity index (χ2n) is 3.64. The van der Waals surface area contributed by atoms with E-state index < -0.39 is 0 Å². The number of nitrogens with one attached hydrogen (secondary N) is 1. The summed E-state index contributed by atoms with van der Waals surface area (Å²) in [6.45, 7) is 6.31. The van der Waals surface area contributed by atoms with Gasteiger partial charge in [0.15, 0.2) is 6.54 Å². The molecule has 1 saturated heterocycles.